The lowest BCUT2D eigenvalue weighted by molar-refractivity contribution is 0.415. The Bertz CT molecular complexity index is 710. The van der Waals surface area contributed by atoms with Crippen molar-refractivity contribution >= 4 is 16.2 Å². The number of hydrazone groups is 1. The Morgan fingerprint density at radius 1 is 1.05 bits per heavy atom. The number of rotatable bonds is 5. The van der Waals surface area contributed by atoms with Gasteiger partial charge in [0, 0.05) is 7.05 Å². The summed E-state index contributed by atoms with van der Waals surface area (Å²) in [6, 6.07) is 15.3. The number of ether oxygens (including phenoxy) is 1. The summed E-state index contributed by atoms with van der Waals surface area (Å²) in [7, 11) is -0.620. The lowest BCUT2D eigenvalue weighted by atomic mass is 10.2. The van der Waals surface area contributed by atoms with E-state index in [9.17, 15) is 8.42 Å². The summed E-state index contributed by atoms with van der Waals surface area (Å²) in [6.45, 7) is 0. The van der Waals surface area contributed by atoms with Gasteiger partial charge in [-0.2, -0.15) is 17.9 Å². The van der Waals surface area contributed by atoms with Crippen molar-refractivity contribution in [3.63, 3.8) is 0 Å². The summed E-state index contributed by atoms with van der Waals surface area (Å²) >= 11 is 0. The van der Waals surface area contributed by atoms with Crippen LogP contribution >= 0.6 is 0 Å². The van der Waals surface area contributed by atoms with Crippen molar-refractivity contribution in [2.75, 3.05) is 14.2 Å². The predicted molar refractivity (Wildman–Crippen MR) is 82.0 cm³/mol. The normalized spacial score (nSPS) is 11.5. The van der Waals surface area contributed by atoms with Gasteiger partial charge in [-0.05, 0) is 42.0 Å². The van der Waals surface area contributed by atoms with E-state index in [1.807, 2.05) is 0 Å². The van der Waals surface area contributed by atoms with Crippen LogP contribution in [0.1, 0.15) is 5.56 Å². The predicted octanol–water partition coefficient (Wildman–Crippen LogP) is 2.35. The van der Waals surface area contributed by atoms with Crippen LogP contribution in [0.3, 0.4) is 0 Å². The maximum atomic E-state index is 12.2. The van der Waals surface area contributed by atoms with Crippen LogP contribution in [0.15, 0.2) is 64.6 Å². The van der Waals surface area contributed by atoms with Crippen molar-refractivity contribution in [3.05, 3.63) is 60.2 Å². The van der Waals surface area contributed by atoms with Crippen LogP contribution < -0.4 is 4.74 Å². The molecule has 0 bridgehead atoms. The summed E-state index contributed by atoms with van der Waals surface area (Å²) in [4.78, 5) is 0.208. The van der Waals surface area contributed by atoms with Gasteiger partial charge in [-0.3, -0.25) is 0 Å². The van der Waals surface area contributed by atoms with Gasteiger partial charge in [0.05, 0.1) is 18.2 Å². The van der Waals surface area contributed by atoms with E-state index in [0.717, 1.165) is 15.7 Å². The molecule has 0 fully saturated rings. The highest BCUT2D eigenvalue weighted by Gasteiger charge is 2.18. The van der Waals surface area contributed by atoms with E-state index in [0.29, 0.717) is 0 Å². The van der Waals surface area contributed by atoms with Crippen LogP contribution in [0.25, 0.3) is 0 Å². The number of benzene rings is 2. The summed E-state index contributed by atoms with van der Waals surface area (Å²) in [6.07, 6.45) is 1.49. The molecule has 0 N–H and O–H groups in total. The quantitative estimate of drug-likeness (QED) is 0.629. The van der Waals surface area contributed by atoms with Gasteiger partial charge in [0.25, 0.3) is 10.0 Å². The Morgan fingerprint density at radius 3 is 2.24 bits per heavy atom. The van der Waals surface area contributed by atoms with Crippen LogP contribution in [0.4, 0.5) is 0 Å². The third-order valence-electron chi connectivity index (χ3n) is 2.87. The molecule has 0 aliphatic rings. The molecule has 0 atom stereocenters. The molecule has 21 heavy (non-hydrogen) atoms. The van der Waals surface area contributed by atoms with Crippen molar-refractivity contribution in [2.24, 2.45) is 5.10 Å². The molecule has 0 amide bonds. The van der Waals surface area contributed by atoms with Gasteiger partial charge < -0.3 is 4.74 Å². The highest BCUT2D eigenvalue weighted by Crippen LogP contribution is 2.14. The minimum atomic E-state index is -3.61. The van der Waals surface area contributed by atoms with Crippen molar-refractivity contribution in [2.45, 2.75) is 4.90 Å². The lowest BCUT2D eigenvalue weighted by Gasteiger charge is -2.13. The second kappa shape index (κ2) is 6.41. The zero-order valence-electron chi connectivity index (χ0n) is 11.8. The summed E-state index contributed by atoms with van der Waals surface area (Å²) in [5, 5.41) is 3.98. The van der Waals surface area contributed by atoms with E-state index < -0.39 is 10.0 Å². The maximum absolute atomic E-state index is 12.2. The standard InChI is InChI=1S/C15H16N2O3S/c1-17(21(18,19)15-6-4-3-5-7-15)16-12-13-8-10-14(20-2)11-9-13/h3-12H,1-2H3/b16-12-. The molecule has 0 unspecified atom stereocenters. The van der Waals surface area contributed by atoms with E-state index in [-0.39, 0.29) is 4.90 Å². The Hall–Kier alpha value is -2.34. The Balaban J connectivity index is 2.16. The zero-order chi connectivity index (χ0) is 15.3. The third kappa shape index (κ3) is 3.61. The zero-order valence-corrected chi connectivity index (χ0v) is 12.6. The Labute approximate surface area is 124 Å². The largest absolute Gasteiger partial charge is 0.497 e. The van der Waals surface area contributed by atoms with Crippen LogP contribution in [-0.2, 0) is 10.0 Å². The molecule has 0 saturated carbocycles. The molecule has 6 heteroatoms. The first-order valence-corrected chi connectivity index (χ1v) is 7.70. The molecule has 0 aliphatic carbocycles. The van der Waals surface area contributed by atoms with Crippen LogP contribution in [0.2, 0.25) is 0 Å². The Morgan fingerprint density at radius 2 is 1.67 bits per heavy atom. The molecule has 0 heterocycles. The van der Waals surface area contributed by atoms with E-state index in [1.165, 1.54) is 25.4 Å². The second-order valence-corrected chi connectivity index (χ2v) is 6.22. The number of sulfonamides is 1. The highest BCUT2D eigenvalue weighted by molar-refractivity contribution is 7.89. The van der Waals surface area contributed by atoms with E-state index in [2.05, 4.69) is 5.10 Å². The number of methoxy groups -OCH3 is 1. The molecule has 0 spiro atoms. The van der Waals surface area contributed by atoms with Gasteiger partial charge in [-0.1, -0.05) is 18.2 Å². The van der Waals surface area contributed by atoms with Gasteiger partial charge in [-0.15, -0.1) is 0 Å². The fourth-order valence-corrected chi connectivity index (χ4v) is 2.62. The molecule has 0 saturated heterocycles. The fraction of sp³-hybridized carbons (Fsp3) is 0.133. The molecule has 2 aromatic rings. The monoisotopic (exact) mass is 304 g/mol. The van der Waals surface area contributed by atoms with Crippen molar-refractivity contribution in [3.8, 4) is 5.75 Å². The van der Waals surface area contributed by atoms with Gasteiger partial charge in [0.2, 0.25) is 0 Å². The number of nitrogens with zero attached hydrogens (tertiary/aromatic N) is 2. The van der Waals surface area contributed by atoms with Crippen LogP contribution in [0, 0.1) is 0 Å². The molecule has 110 valence electrons. The SMILES string of the molecule is COc1ccc(/C=N\N(C)S(=O)(=O)c2ccccc2)cc1. The van der Waals surface area contributed by atoms with Crippen LogP contribution in [0.5, 0.6) is 5.75 Å². The van der Waals surface area contributed by atoms with Crippen molar-refractivity contribution in [1.29, 1.82) is 0 Å². The minimum absolute atomic E-state index is 0.208. The topological polar surface area (TPSA) is 59.0 Å². The van der Waals surface area contributed by atoms with E-state index in [1.54, 1.807) is 49.6 Å². The molecule has 0 radical (unpaired) electrons. The first-order chi connectivity index (χ1) is 10.0. The molecular formula is C15H16N2O3S. The minimum Gasteiger partial charge on any atom is -0.497 e. The molecule has 5 nitrogen and oxygen atoms in total. The fourth-order valence-electron chi connectivity index (χ4n) is 1.65. The molecule has 0 aromatic heterocycles. The van der Waals surface area contributed by atoms with E-state index >= 15 is 0 Å². The lowest BCUT2D eigenvalue weighted by Crippen LogP contribution is -2.21. The molecule has 0 aliphatic heterocycles. The first-order valence-electron chi connectivity index (χ1n) is 6.26. The maximum Gasteiger partial charge on any atom is 0.278 e. The van der Waals surface area contributed by atoms with Gasteiger partial charge in [0.1, 0.15) is 5.75 Å². The van der Waals surface area contributed by atoms with Crippen molar-refractivity contribution < 1.29 is 13.2 Å². The summed E-state index contributed by atoms with van der Waals surface area (Å²) in [5.74, 6) is 0.734. The van der Waals surface area contributed by atoms with Gasteiger partial charge in [-0.25, -0.2) is 0 Å². The molecule has 2 aromatic carbocycles. The first kappa shape index (κ1) is 15.1. The van der Waals surface area contributed by atoms with E-state index in [4.69, 9.17) is 4.74 Å². The summed E-state index contributed by atoms with van der Waals surface area (Å²) in [5.41, 5.74) is 0.783. The third-order valence-corrected chi connectivity index (χ3v) is 4.53. The van der Waals surface area contributed by atoms with Gasteiger partial charge in [0.15, 0.2) is 0 Å². The Kier molecular flexibility index (Phi) is 4.59. The molecular weight excluding hydrogens is 288 g/mol. The summed E-state index contributed by atoms with van der Waals surface area (Å²) < 4.78 is 30.5. The smallest absolute Gasteiger partial charge is 0.278 e. The van der Waals surface area contributed by atoms with Gasteiger partial charge >= 0.3 is 0 Å². The van der Waals surface area contributed by atoms with Crippen molar-refractivity contribution in [1.82, 2.24) is 4.41 Å². The average Bonchev–Trinajstić information content (AvgIpc) is 2.53. The molecule has 2 rings (SSSR count). The number of hydrogen-bond donors (Lipinski definition) is 0. The average molecular weight is 304 g/mol. The second-order valence-electron chi connectivity index (χ2n) is 4.27. The highest BCUT2D eigenvalue weighted by atomic mass is 32.2. The number of hydrogen-bond acceptors (Lipinski definition) is 4. The van der Waals surface area contributed by atoms with Crippen LogP contribution in [-0.4, -0.2) is 33.2 Å².